The van der Waals surface area contributed by atoms with Crippen molar-refractivity contribution >= 4 is 5.91 Å². The molecule has 1 aliphatic rings. The third-order valence-corrected chi connectivity index (χ3v) is 3.25. The second-order valence-corrected chi connectivity index (χ2v) is 5.58. The maximum Gasteiger partial charge on any atom is 0.254 e. The van der Waals surface area contributed by atoms with Crippen molar-refractivity contribution in [3.63, 3.8) is 0 Å². The summed E-state index contributed by atoms with van der Waals surface area (Å²) in [6, 6.07) is 5.51. The summed E-state index contributed by atoms with van der Waals surface area (Å²) in [5.41, 5.74) is 1.43. The van der Waals surface area contributed by atoms with Gasteiger partial charge in [0.05, 0.1) is 0 Å². The van der Waals surface area contributed by atoms with Crippen molar-refractivity contribution in [1.82, 2.24) is 4.90 Å². The monoisotopic (exact) mass is 247 g/mol. The highest BCUT2D eigenvalue weighted by Crippen LogP contribution is 2.29. The largest absolute Gasteiger partial charge is 0.508 e. The van der Waals surface area contributed by atoms with E-state index >= 15 is 0 Å². The van der Waals surface area contributed by atoms with Crippen LogP contribution in [0.1, 0.15) is 42.6 Å². The van der Waals surface area contributed by atoms with E-state index in [0.717, 1.165) is 24.9 Å². The molecule has 1 fully saturated rings. The number of hydrogen-bond donors (Lipinski definition) is 1. The van der Waals surface area contributed by atoms with Gasteiger partial charge in [-0.05, 0) is 49.4 Å². The topological polar surface area (TPSA) is 40.5 Å². The van der Waals surface area contributed by atoms with Crippen LogP contribution in [0.25, 0.3) is 0 Å². The number of hydrogen-bond acceptors (Lipinski definition) is 2. The molecule has 0 aromatic heterocycles. The van der Waals surface area contributed by atoms with Gasteiger partial charge in [-0.3, -0.25) is 4.79 Å². The molecule has 3 nitrogen and oxygen atoms in total. The Morgan fingerprint density at radius 1 is 1.44 bits per heavy atom. The van der Waals surface area contributed by atoms with E-state index in [-0.39, 0.29) is 11.7 Å². The van der Waals surface area contributed by atoms with Crippen LogP contribution < -0.4 is 0 Å². The number of carbonyl (C=O) groups excluding carboxylic acids is 1. The number of nitrogens with zero attached hydrogens (tertiary/aromatic N) is 1. The molecule has 2 rings (SSSR count). The van der Waals surface area contributed by atoms with Gasteiger partial charge in [-0.25, -0.2) is 0 Å². The van der Waals surface area contributed by atoms with Crippen molar-refractivity contribution in [1.29, 1.82) is 0 Å². The highest BCUT2D eigenvalue weighted by atomic mass is 16.3. The Balaban J connectivity index is 2.19. The van der Waals surface area contributed by atoms with Gasteiger partial charge in [0, 0.05) is 18.2 Å². The first-order chi connectivity index (χ1) is 8.49. The van der Waals surface area contributed by atoms with Crippen molar-refractivity contribution in [2.24, 2.45) is 5.92 Å². The maximum atomic E-state index is 12.5. The fraction of sp³-hybridized carbons (Fsp3) is 0.533. The number of rotatable bonds is 4. The van der Waals surface area contributed by atoms with Gasteiger partial charge in [-0.2, -0.15) is 0 Å². The zero-order chi connectivity index (χ0) is 13.3. The molecule has 1 saturated carbocycles. The number of amides is 1. The van der Waals surface area contributed by atoms with E-state index in [4.69, 9.17) is 0 Å². The molecule has 0 unspecified atom stereocenters. The van der Waals surface area contributed by atoms with E-state index < -0.39 is 0 Å². The average molecular weight is 247 g/mol. The molecule has 1 aromatic carbocycles. The van der Waals surface area contributed by atoms with Crippen LogP contribution in [0.5, 0.6) is 5.75 Å². The van der Waals surface area contributed by atoms with Crippen LogP contribution in [0, 0.1) is 12.8 Å². The lowest BCUT2D eigenvalue weighted by Gasteiger charge is -2.24. The third kappa shape index (κ3) is 2.84. The zero-order valence-electron chi connectivity index (χ0n) is 11.3. The minimum Gasteiger partial charge on any atom is -0.508 e. The van der Waals surface area contributed by atoms with E-state index in [1.54, 1.807) is 18.2 Å². The first-order valence-electron chi connectivity index (χ1n) is 6.59. The van der Waals surface area contributed by atoms with Crippen LogP contribution in [0.15, 0.2) is 18.2 Å². The standard InChI is InChI=1S/C15H21NO2/c1-10(2)9-16(13-5-6-13)15(18)12-4-7-14(17)11(3)8-12/h4,7-8,10,13,17H,5-6,9H2,1-3H3. The van der Waals surface area contributed by atoms with Crippen molar-refractivity contribution in [3.05, 3.63) is 29.3 Å². The fourth-order valence-corrected chi connectivity index (χ4v) is 2.13. The zero-order valence-corrected chi connectivity index (χ0v) is 11.3. The third-order valence-electron chi connectivity index (χ3n) is 3.25. The van der Waals surface area contributed by atoms with Gasteiger partial charge in [0.1, 0.15) is 5.75 Å². The number of phenolic OH excluding ortho intramolecular Hbond substituents is 1. The minimum atomic E-state index is 0.0919. The van der Waals surface area contributed by atoms with Crippen LogP contribution in [0.2, 0.25) is 0 Å². The second-order valence-electron chi connectivity index (χ2n) is 5.58. The summed E-state index contributed by atoms with van der Waals surface area (Å²) in [6.45, 7) is 6.88. The molecular weight excluding hydrogens is 226 g/mol. The SMILES string of the molecule is Cc1cc(C(=O)N(CC(C)C)C2CC2)ccc1O. The number of carbonyl (C=O) groups is 1. The normalized spacial score (nSPS) is 14.9. The van der Waals surface area contributed by atoms with Gasteiger partial charge in [-0.1, -0.05) is 13.8 Å². The summed E-state index contributed by atoms with van der Waals surface area (Å²) in [5, 5.41) is 9.51. The first-order valence-corrected chi connectivity index (χ1v) is 6.59. The molecule has 0 spiro atoms. The molecule has 1 aliphatic carbocycles. The Hall–Kier alpha value is -1.51. The number of aryl methyl sites for hydroxylation is 1. The Bertz CT molecular complexity index is 450. The Morgan fingerprint density at radius 2 is 2.11 bits per heavy atom. The van der Waals surface area contributed by atoms with Crippen LogP contribution in [0.3, 0.4) is 0 Å². The van der Waals surface area contributed by atoms with E-state index in [1.165, 1.54) is 0 Å². The summed E-state index contributed by atoms with van der Waals surface area (Å²) in [5.74, 6) is 0.815. The van der Waals surface area contributed by atoms with Crippen molar-refractivity contribution < 1.29 is 9.90 Å². The molecule has 1 amide bonds. The molecule has 0 atom stereocenters. The van der Waals surface area contributed by atoms with Gasteiger partial charge in [-0.15, -0.1) is 0 Å². The van der Waals surface area contributed by atoms with E-state index in [0.29, 0.717) is 17.5 Å². The maximum absolute atomic E-state index is 12.5. The minimum absolute atomic E-state index is 0.0919. The molecule has 0 bridgehead atoms. The summed E-state index contributed by atoms with van der Waals surface area (Å²) >= 11 is 0. The van der Waals surface area contributed by atoms with Crippen molar-refractivity contribution in [2.75, 3.05) is 6.54 Å². The molecule has 0 aliphatic heterocycles. The van der Waals surface area contributed by atoms with E-state index in [9.17, 15) is 9.90 Å². The smallest absolute Gasteiger partial charge is 0.254 e. The van der Waals surface area contributed by atoms with Crippen LogP contribution in [-0.2, 0) is 0 Å². The van der Waals surface area contributed by atoms with Gasteiger partial charge < -0.3 is 10.0 Å². The molecule has 18 heavy (non-hydrogen) atoms. The Morgan fingerprint density at radius 3 is 2.61 bits per heavy atom. The molecule has 3 heteroatoms. The van der Waals surface area contributed by atoms with Crippen LogP contribution in [-0.4, -0.2) is 28.5 Å². The van der Waals surface area contributed by atoms with E-state index in [2.05, 4.69) is 13.8 Å². The Labute approximate surface area is 108 Å². The van der Waals surface area contributed by atoms with Gasteiger partial charge in [0.15, 0.2) is 0 Å². The molecule has 1 N–H and O–H groups in total. The van der Waals surface area contributed by atoms with Crippen LogP contribution >= 0.6 is 0 Å². The second kappa shape index (κ2) is 5.01. The predicted octanol–water partition coefficient (Wildman–Crippen LogP) is 2.96. The summed E-state index contributed by atoms with van der Waals surface area (Å²) in [7, 11) is 0. The summed E-state index contributed by atoms with van der Waals surface area (Å²) < 4.78 is 0. The predicted molar refractivity (Wildman–Crippen MR) is 71.7 cm³/mol. The van der Waals surface area contributed by atoms with Crippen molar-refractivity contribution in [2.45, 2.75) is 39.7 Å². The quantitative estimate of drug-likeness (QED) is 0.888. The molecular formula is C15H21NO2. The summed E-state index contributed by atoms with van der Waals surface area (Å²) in [6.07, 6.45) is 2.24. The van der Waals surface area contributed by atoms with Gasteiger partial charge >= 0.3 is 0 Å². The highest BCUT2D eigenvalue weighted by Gasteiger charge is 2.33. The lowest BCUT2D eigenvalue weighted by Crippen LogP contribution is -2.36. The van der Waals surface area contributed by atoms with Crippen molar-refractivity contribution in [3.8, 4) is 5.75 Å². The Kier molecular flexibility index (Phi) is 3.60. The molecule has 0 radical (unpaired) electrons. The average Bonchev–Trinajstić information content (AvgIpc) is 3.12. The lowest BCUT2D eigenvalue weighted by atomic mass is 10.1. The number of benzene rings is 1. The highest BCUT2D eigenvalue weighted by molar-refractivity contribution is 5.95. The van der Waals surface area contributed by atoms with E-state index in [1.807, 2.05) is 11.8 Å². The fourth-order valence-electron chi connectivity index (χ4n) is 2.13. The first kappa shape index (κ1) is 12.9. The lowest BCUT2D eigenvalue weighted by molar-refractivity contribution is 0.0722. The summed E-state index contributed by atoms with van der Waals surface area (Å²) in [4.78, 5) is 14.5. The van der Waals surface area contributed by atoms with Gasteiger partial charge in [0.25, 0.3) is 5.91 Å². The number of aromatic hydroxyl groups is 1. The molecule has 0 heterocycles. The molecule has 0 saturated heterocycles. The molecule has 1 aromatic rings. The molecule has 98 valence electrons. The van der Waals surface area contributed by atoms with Gasteiger partial charge in [0.2, 0.25) is 0 Å². The van der Waals surface area contributed by atoms with Crippen LogP contribution in [0.4, 0.5) is 0 Å². The number of phenols is 1.